The summed E-state index contributed by atoms with van der Waals surface area (Å²) in [5.41, 5.74) is 1.27. The molecule has 1 N–H and O–H groups in total. The minimum absolute atomic E-state index is 0.319. The van der Waals surface area contributed by atoms with E-state index in [1.165, 1.54) is 25.9 Å². The first kappa shape index (κ1) is 8.52. The number of likely N-dealkylation sites (tertiary alicyclic amines) is 1. The lowest BCUT2D eigenvalue weighted by Gasteiger charge is -2.63. The molecule has 1 spiro atoms. The van der Waals surface area contributed by atoms with Gasteiger partial charge in [0, 0.05) is 19.6 Å². The molecule has 2 heteroatoms. The summed E-state index contributed by atoms with van der Waals surface area (Å²) >= 11 is 0. The molecule has 0 bridgehead atoms. The van der Waals surface area contributed by atoms with Crippen molar-refractivity contribution in [2.75, 3.05) is 26.2 Å². The molecule has 2 aliphatic rings. The lowest BCUT2D eigenvalue weighted by molar-refractivity contribution is -0.131. The third kappa shape index (κ3) is 1.27. The van der Waals surface area contributed by atoms with Crippen LogP contribution in [0.2, 0.25) is 0 Å². The van der Waals surface area contributed by atoms with Crippen LogP contribution in [-0.4, -0.2) is 36.2 Å². The van der Waals surface area contributed by atoms with Crippen LogP contribution >= 0.6 is 0 Å². The fourth-order valence-electron chi connectivity index (χ4n) is 3.40. The second-order valence-corrected chi connectivity index (χ2v) is 5.45. The third-order valence-corrected chi connectivity index (χ3v) is 3.24. The van der Waals surface area contributed by atoms with Gasteiger partial charge in [0.25, 0.3) is 0 Å². The van der Waals surface area contributed by atoms with Gasteiger partial charge in [-0.1, -0.05) is 13.8 Å². The first-order valence-electron chi connectivity index (χ1n) is 4.89. The van der Waals surface area contributed by atoms with Crippen LogP contribution in [0.15, 0.2) is 0 Å². The van der Waals surface area contributed by atoms with Gasteiger partial charge in [0.1, 0.15) is 0 Å². The van der Waals surface area contributed by atoms with Gasteiger partial charge in [0.15, 0.2) is 0 Å². The van der Waals surface area contributed by atoms with Gasteiger partial charge in [-0.05, 0) is 23.7 Å². The van der Waals surface area contributed by atoms with Crippen molar-refractivity contribution in [2.24, 2.45) is 10.8 Å². The zero-order chi connectivity index (χ0) is 8.82. The van der Waals surface area contributed by atoms with Crippen LogP contribution in [0.25, 0.3) is 0 Å². The Morgan fingerprint density at radius 3 is 2.25 bits per heavy atom. The highest BCUT2D eigenvalue weighted by Crippen LogP contribution is 2.58. The molecule has 1 aliphatic carbocycles. The third-order valence-electron chi connectivity index (χ3n) is 3.24. The molecular weight excluding hydrogens is 150 g/mol. The maximum Gasteiger partial charge on any atom is 0.0558 e. The molecule has 0 aromatic carbocycles. The van der Waals surface area contributed by atoms with Crippen molar-refractivity contribution < 1.29 is 5.11 Å². The number of nitrogens with zero attached hydrogens (tertiary/aromatic N) is 1. The Labute approximate surface area is 74.6 Å². The number of β-amino-alcohol motifs (C(OH)–C–C–N with tert-alkyl or cyclic N) is 1. The molecule has 0 radical (unpaired) electrons. The molecule has 0 aromatic heterocycles. The monoisotopic (exact) mass is 169 g/mol. The van der Waals surface area contributed by atoms with Crippen LogP contribution in [0.5, 0.6) is 0 Å². The largest absolute Gasteiger partial charge is 0.395 e. The number of aliphatic hydroxyl groups is 1. The van der Waals surface area contributed by atoms with Crippen LogP contribution in [-0.2, 0) is 0 Å². The van der Waals surface area contributed by atoms with Gasteiger partial charge in [0.2, 0.25) is 0 Å². The van der Waals surface area contributed by atoms with Gasteiger partial charge >= 0.3 is 0 Å². The molecule has 70 valence electrons. The lowest BCUT2D eigenvalue weighted by atomic mass is 9.51. The predicted molar refractivity (Wildman–Crippen MR) is 49.0 cm³/mol. The summed E-state index contributed by atoms with van der Waals surface area (Å²) in [5.74, 6) is 0. The van der Waals surface area contributed by atoms with E-state index in [0.29, 0.717) is 17.4 Å². The predicted octanol–water partition coefficient (Wildman–Crippen LogP) is 1.10. The van der Waals surface area contributed by atoms with E-state index in [9.17, 15) is 0 Å². The van der Waals surface area contributed by atoms with E-state index in [2.05, 4.69) is 18.7 Å². The Balaban J connectivity index is 1.76. The molecule has 1 heterocycles. The first-order valence-corrected chi connectivity index (χ1v) is 4.89. The van der Waals surface area contributed by atoms with Gasteiger partial charge < -0.3 is 5.11 Å². The van der Waals surface area contributed by atoms with E-state index in [1.807, 2.05) is 0 Å². The van der Waals surface area contributed by atoms with Crippen LogP contribution in [0.4, 0.5) is 0 Å². The average Bonchev–Trinajstić information content (AvgIpc) is 1.80. The Bertz CT molecular complexity index is 172. The second-order valence-electron chi connectivity index (χ2n) is 5.45. The van der Waals surface area contributed by atoms with Gasteiger partial charge in [0.05, 0.1) is 6.61 Å². The van der Waals surface area contributed by atoms with Crippen molar-refractivity contribution >= 4 is 0 Å². The second kappa shape index (κ2) is 2.46. The quantitative estimate of drug-likeness (QED) is 0.669. The smallest absolute Gasteiger partial charge is 0.0558 e. The van der Waals surface area contributed by atoms with Crippen molar-refractivity contribution in [3.63, 3.8) is 0 Å². The zero-order valence-electron chi connectivity index (χ0n) is 8.14. The van der Waals surface area contributed by atoms with Crippen molar-refractivity contribution in [3.05, 3.63) is 0 Å². The number of rotatable bonds is 2. The number of hydrogen-bond acceptors (Lipinski definition) is 2. The molecule has 2 nitrogen and oxygen atoms in total. The van der Waals surface area contributed by atoms with E-state index in [1.54, 1.807) is 0 Å². The van der Waals surface area contributed by atoms with E-state index in [4.69, 9.17) is 5.11 Å². The zero-order valence-corrected chi connectivity index (χ0v) is 8.14. The normalized spacial score (nSPS) is 31.2. The minimum Gasteiger partial charge on any atom is -0.395 e. The first-order chi connectivity index (χ1) is 5.55. The SMILES string of the molecule is CC1(C)CC2(CN(CCO)C2)C1. The Morgan fingerprint density at radius 2 is 1.83 bits per heavy atom. The van der Waals surface area contributed by atoms with Crippen molar-refractivity contribution in [1.29, 1.82) is 0 Å². The van der Waals surface area contributed by atoms with E-state index >= 15 is 0 Å². The van der Waals surface area contributed by atoms with Gasteiger partial charge in [-0.25, -0.2) is 0 Å². The molecule has 1 saturated carbocycles. The molecule has 1 saturated heterocycles. The molecule has 12 heavy (non-hydrogen) atoms. The molecule has 0 amide bonds. The molecule has 0 atom stereocenters. The summed E-state index contributed by atoms with van der Waals surface area (Å²) in [7, 11) is 0. The molecule has 2 rings (SSSR count). The molecule has 0 unspecified atom stereocenters. The highest BCUT2D eigenvalue weighted by atomic mass is 16.3. The van der Waals surface area contributed by atoms with E-state index < -0.39 is 0 Å². The molecular formula is C10H19NO. The molecule has 1 aliphatic heterocycles. The lowest BCUT2D eigenvalue weighted by Crippen LogP contribution is -2.64. The van der Waals surface area contributed by atoms with Gasteiger partial charge in [-0.2, -0.15) is 0 Å². The molecule has 2 fully saturated rings. The van der Waals surface area contributed by atoms with Crippen molar-refractivity contribution in [3.8, 4) is 0 Å². The van der Waals surface area contributed by atoms with Gasteiger partial charge in [-0.15, -0.1) is 0 Å². The summed E-state index contributed by atoms with van der Waals surface area (Å²) in [6, 6.07) is 0. The average molecular weight is 169 g/mol. The van der Waals surface area contributed by atoms with Crippen LogP contribution < -0.4 is 0 Å². The summed E-state index contributed by atoms with van der Waals surface area (Å²) < 4.78 is 0. The van der Waals surface area contributed by atoms with Gasteiger partial charge in [-0.3, -0.25) is 4.90 Å². The van der Waals surface area contributed by atoms with E-state index in [0.717, 1.165) is 6.54 Å². The minimum atomic E-state index is 0.319. The summed E-state index contributed by atoms with van der Waals surface area (Å²) in [6.07, 6.45) is 2.78. The fourth-order valence-corrected chi connectivity index (χ4v) is 3.40. The van der Waals surface area contributed by atoms with Crippen LogP contribution in [0.3, 0.4) is 0 Å². The Kier molecular flexibility index (Phi) is 1.74. The fraction of sp³-hybridized carbons (Fsp3) is 1.00. The van der Waals surface area contributed by atoms with Crippen LogP contribution in [0.1, 0.15) is 26.7 Å². The summed E-state index contributed by atoms with van der Waals surface area (Å²) in [5, 5.41) is 8.72. The Hall–Kier alpha value is -0.0800. The molecule has 0 aromatic rings. The van der Waals surface area contributed by atoms with Crippen molar-refractivity contribution in [1.82, 2.24) is 4.90 Å². The van der Waals surface area contributed by atoms with Crippen molar-refractivity contribution in [2.45, 2.75) is 26.7 Å². The topological polar surface area (TPSA) is 23.5 Å². The number of aliphatic hydroxyl groups excluding tert-OH is 1. The van der Waals surface area contributed by atoms with E-state index in [-0.39, 0.29) is 0 Å². The standard InChI is InChI=1S/C10H19NO/c1-9(2)5-10(6-9)7-11(8-10)3-4-12/h12H,3-8H2,1-2H3. The highest BCUT2D eigenvalue weighted by molar-refractivity contribution is 5.07. The number of hydrogen-bond donors (Lipinski definition) is 1. The Morgan fingerprint density at radius 1 is 1.25 bits per heavy atom. The maximum atomic E-state index is 8.72. The summed E-state index contributed by atoms with van der Waals surface area (Å²) in [4.78, 5) is 2.36. The highest BCUT2D eigenvalue weighted by Gasteiger charge is 2.55. The summed E-state index contributed by atoms with van der Waals surface area (Å²) in [6.45, 7) is 8.37. The van der Waals surface area contributed by atoms with Crippen LogP contribution in [0, 0.1) is 10.8 Å². The maximum absolute atomic E-state index is 8.72.